The van der Waals surface area contributed by atoms with Gasteiger partial charge in [-0.05, 0) is 93.5 Å². The van der Waals surface area contributed by atoms with E-state index in [0.29, 0.717) is 18.2 Å². The zero-order valence-electron chi connectivity index (χ0n) is 35.2. The zero-order chi connectivity index (χ0) is 43.0. The molecule has 0 aliphatic rings. The highest BCUT2D eigenvalue weighted by Crippen LogP contribution is 2.49. The van der Waals surface area contributed by atoms with Crippen LogP contribution in [0.15, 0.2) is 246 Å². The fourth-order valence-corrected chi connectivity index (χ4v) is 9.45. The van der Waals surface area contributed by atoms with E-state index < -0.39 is 0 Å². The Morgan fingerprint density at radius 3 is 1.79 bits per heavy atom. The lowest BCUT2D eigenvalue weighted by atomic mass is 9.91. The normalized spacial score (nSPS) is 12.3. The lowest BCUT2D eigenvalue weighted by Gasteiger charge is -2.13. The third kappa shape index (κ3) is 8.72. The topological polar surface area (TPSA) is 37.1 Å². The van der Waals surface area contributed by atoms with Gasteiger partial charge in [0, 0.05) is 36.9 Å². The predicted octanol–water partition coefficient (Wildman–Crippen LogP) is 16.1. The van der Waals surface area contributed by atoms with Crippen molar-refractivity contribution in [3.05, 3.63) is 242 Å². The van der Waals surface area contributed by atoms with Gasteiger partial charge in [0.2, 0.25) is 0 Å². The maximum absolute atomic E-state index is 5.02. The van der Waals surface area contributed by atoms with E-state index in [1.807, 2.05) is 60.8 Å². The molecule has 0 fully saturated rings. The van der Waals surface area contributed by atoms with Gasteiger partial charge >= 0.3 is 0 Å². The van der Waals surface area contributed by atoms with Gasteiger partial charge < -0.3 is 0 Å². The molecule has 0 spiro atoms. The Morgan fingerprint density at radius 1 is 0.540 bits per heavy atom. The number of amidine groups is 2. The van der Waals surface area contributed by atoms with Gasteiger partial charge in [0.25, 0.3) is 0 Å². The third-order valence-corrected chi connectivity index (χ3v) is 12.5. The Balaban J connectivity index is 1.19. The summed E-state index contributed by atoms with van der Waals surface area (Å²) in [7, 11) is 0. The molecule has 4 heteroatoms. The van der Waals surface area contributed by atoms with Crippen molar-refractivity contribution >= 4 is 49.9 Å². The van der Waals surface area contributed by atoms with Gasteiger partial charge in [-0.3, -0.25) is 4.99 Å². The molecule has 0 amide bonds. The molecule has 63 heavy (non-hydrogen) atoms. The number of hydrogen-bond donors (Lipinski definition) is 0. The highest BCUT2D eigenvalue weighted by Gasteiger charge is 2.20. The first-order valence-electron chi connectivity index (χ1n) is 21.1. The van der Waals surface area contributed by atoms with Crippen LogP contribution in [0.4, 0.5) is 0 Å². The number of fused-ring (bicyclic) bond motifs is 3. The van der Waals surface area contributed by atoms with Crippen molar-refractivity contribution in [1.82, 2.24) is 0 Å². The van der Waals surface area contributed by atoms with Crippen molar-refractivity contribution in [3.63, 3.8) is 0 Å². The van der Waals surface area contributed by atoms with E-state index in [-0.39, 0.29) is 0 Å². The maximum Gasteiger partial charge on any atom is 0.161 e. The molecule has 0 unspecified atom stereocenters. The largest absolute Gasteiger partial charge is 0.261 e. The lowest BCUT2D eigenvalue weighted by molar-refractivity contribution is 1.06. The number of rotatable bonds is 11. The minimum atomic E-state index is 0.470. The summed E-state index contributed by atoms with van der Waals surface area (Å²) in [5.41, 5.74) is 14.5. The second-order valence-electron chi connectivity index (χ2n) is 15.2. The maximum atomic E-state index is 5.02. The minimum Gasteiger partial charge on any atom is -0.261 e. The van der Waals surface area contributed by atoms with Gasteiger partial charge in [0.05, 0.1) is 6.54 Å². The minimum absolute atomic E-state index is 0.470. The zero-order valence-corrected chi connectivity index (χ0v) is 36.0. The molecule has 0 N–H and O–H groups in total. The molecule has 0 radical (unpaired) electrons. The van der Waals surface area contributed by atoms with Crippen molar-refractivity contribution in [1.29, 1.82) is 0 Å². The van der Waals surface area contributed by atoms with E-state index in [1.54, 1.807) is 6.08 Å². The molecule has 1 aromatic heterocycles. The number of benzene rings is 8. The molecule has 0 bridgehead atoms. The van der Waals surface area contributed by atoms with Crippen LogP contribution in [0.2, 0.25) is 0 Å². The first kappa shape index (κ1) is 40.6. The first-order valence-corrected chi connectivity index (χ1v) is 21.9. The highest BCUT2D eigenvalue weighted by atomic mass is 32.1. The molecule has 0 saturated heterocycles. The van der Waals surface area contributed by atoms with E-state index >= 15 is 0 Å². The third-order valence-electron chi connectivity index (χ3n) is 11.2. The van der Waals surface area contributed by atoms with E-state index in [4.69, 9.17) is 9.98 Å². The number of allylic oxidation sites excluding steroid dienone is 3. The predicted molar refractivity (Wildman–Crippen MR) is 273 cm³/mol. The molecule has 8 aromatic carbocycles. The van der Waals surface area contributed by atoms with Crippen LogP contribution in [0.3, 0.4) is 0 Å². The molecule has 0 aliphatic heterocycles. The van der Waals surface area contributed by atoms with Crippen LogP contribution in [0.1, 0.15) is 18.1 Å². The van der Waals surface area contributed by atoms with Gasteiger partial charge in [-0.15, -0.1) is 11.3 Å². The summed E-state index contributed by atoms with van der Waals surface area (Å²) in [5.74, 6) is 1.03. The monoisotopic (exact) mass is 827 g/mol. The fraction of sp³-hybridized carbons (Fsp3) is 0.0339. The standard InChI is InChI=1S/C59H45N3S/c1-4-6-23-42(5-2)59(61-40-41-21-11-7-12-22-41)62-58(60-3)49-33-20-31-47(37-49)46-30-19-32-48(36-46)51-34-35-52(44-26-15-9-16-27-44)57-55(51)54-39-50(43-24-13-8-14-25-43)38-53(56(54)63-57)45-28-17-10-18-29-45/h4-39H,2-3,40H2,1H3/b6-4-,42-23+,61-59?,62-58?. The molecule has 0 saturated carbocycles. The van der Waals surface area contributed by atoms with Crippen LogP contribution in [-0.2, 0) is 6.54 Å². The van der Waals surface area contributed by atoms with E-state index in [0.717, 1.165) is 33.4 Å². The summed E-state index contributed by atoms with van der Waals surface area (Å²) in [6, 6.07) is 69.0. The van der Waals surface area contributed by atoms with Gasteiger partial charge in [-0.1, -0.05) is 201 Å². The summed E-state index contributed by atoms with van der Waals surface area (Å²) in [6.07, 6.45) is 7.68. The van der Waals surface area contributed by atoms with E-state index in [9.17, 15) is 0 Å². The molecule has 3 nitrogen and oxygen atoms in total. The quantitative estimate of drug-likeness (QED) is 0.0708. The Kier molecular flexibility index (Phi) is 12.2. The number of aliphatic imine (C=N–C) groups is 3. The Morgan fingerprint density at radius 2 is 1.13 bits per heavy atom. The number of thiophene rings is 1. The van der Waals surface area contributed by atoms with Crippen LogP contribution in [-0.4, -0.2) is 18.4 Å². The average Bonchev–Trinajstić information content (AvgIpc) is 3.75. The molecular formula is C59H45N3S. The van der Waals surface area contributed by atoms with E-state index in [1.165, 1.54) is 59.1 Å². The van der Waals surface area contributed by atoms with Gasteiger partial charge in [-0.2, -0.15) is 0 Å². The summed E-state index contributed by atoms with van der Waals surface area (Å²) >= 11 is 1.89. The van der Waals surface area contributed by atoms with Crippen molar-refractivity contribution in [3.8, 4) is 55.6 Å². The molecule has 1 heterocycles. The second-order valence-corrected chi connectivity index (χ2v) is 16.2. The molecule has 9 rings (SSSR count). The fourth-order valence-electron chi connectivity index (χ4n) is 8.07. The summed E-state index contributed by atoms with van der Waals surface area (Å²) in [4.78, 5) is 14.4. The number of nitrogens with zero attached hydrogens (tertiary/aromatic N) is 3. The van der Waals surface area contributed by atoms with Gasteiger partial charge in [0.15, 0.2) is 11.7 Å². The van der Waals surface area contributed by atoms with Crippen LogP contribution < -0.4 is 0 Å². The Hall–Kier alpha value is -7.79. The molecule has 9 aromatic rings. The summed E-state index contributed by atoms with van der Waals surface area (Å²) < 4.78 is 2.55. The van der Waals surface area contributed by atoms with Crippen molar-refractivity contribution in [2.45, 2.75) is 13.5 Å². The van der Waals surface area contributed by atoms with Crippen molar-refractivity contribution < 1.29 is 0 Å². The molecule has 0 aliphatic carbocycles. The average molecular weight is 828 g/mol. The van der Waals surface area contributed by atoms with Gasteiger partial charge in [-0.25, -0.2) is 9.98 Å². The Bertz CT molecular complexity index is 3210. The first-order chi connectivity index (χ1) is 31.1. The van der Waals surface area contributed by atoms with Crippen molar-refractivity contribution in [2.24, 2.45) is 15.0 Å². The summed E-state index contributed by atoms with van der Waals surface area (Å²) in [5, 5.41) is 2.51. The second kappa shape index (κ2) is 18.9. The van der Waals surface area contributed by atoms with Crippen molar-refractivity contribution in [2.75, 3.05) is 0 Å². The molecule has 0 atom stereocenters. The van der Waals surface area contributed by atoms with Crippen LogP contribution in [0.5, 0.6) is 0 Å². The molecule has 302 valence electrons. The van der Waals surface area contributed by atoms with Crippen LogP contribution >= 0.6 is 11.3 Å². The summed E-state index contributed by atoms with van der Waals surface area (Å²) in [6.45, 7) is 10.5. The lowest BCUT2D eigenvalue weighted by Crippen LogP contribution is -2.06. The van der Waals surface area contributed by atoms with Gasteiger partial charge in [0.1, 0.15) is 0 Å². The Labute approximate surface area is 373 Å². The SMILES string of the molecule is C=C/C(=C\C=C/C)C(=NCc1ccccc1)N=C(N=C)c1cccc(-c2cccc(-c3ccc(-c4ccccc4)c4sc5c(-c6ccccc6)cc(-c6ccccc6)cc5c34)c2)c1. The molecular weight excluding hydrogens is 783 g/mol. The highest BCUT2D eigenvalue weighted by molar-refractivity contribution is 7.27. The van der Waals surface area contributed by atoms with Crippen LogP contribution in [0.25, 0.3) is 75.8 Å². The smallest absolute Gasteiger partial charge is 0.161 e. The van der Waals surface area contributed by atoms with Crippen LogP contribution in [0, 0.1) is 0 Å². The van der Waals surface area contributed by atoms with E-state index in [2.05, 4.69) is 188 Å². The number of hydrogen-bond acceptors (Lipinski definition) is 2.